The topological polar surface area (TPSA) is 106 Å². The highest BCUT2D eigenvalue weighted by atomic mass is 16.2. The number of pyridine rings is 1. The summed E-state index contributed by atoms with van der Waals surface area (Å²) in [6, 6.07) is 13.0. The molecule has 1 aromatic carbocycles. The van der Waals surface area contributed by atoms with Gasteiger partial charge in [0.05, 0.1) is 16.5 Å². The molecule has 3 heterocycles. The number of aryl methyl sites for hydroxylation is 1. The Morgan fingerprint density at radius 1 is 1.27 bits per heavy atom. The van der Waals surface area contributed by atoms with Crippen molar-refractivity contribution in [3.05, 3.63) is 64.3 Å². The number of anilines is 1. The number of benzene rings is 1. The Morgan fingerprint density at radius 2 is 2.10 bits per heavy atom. The van der Waals surface area contributed by atoms with E-state index in [1.54, 1.807) is 30.5 Å². The van der Waals surface area contributed by atoms with Crippen LogP contribution >= 0.6 is 0 Å². The minimum absolute atomic E-state index is 0.0464. The summed E-state index contributed by atoms with van der Waals surface area (Å²) >= 11 is 0. The van der Waals surface area contributed by atoms with Gasteiger partial charge in [-0.25, -0.2) is 9.97 Å². The smallest absolute Gasteiger partial charge is 0.258 e. The first-order valence-corrected chi connectivity index (χ1v) is 9.93. The second-order valence-electron chi connectivity index (χ2n) is 7.43. The standard InChI is InChI=1S/C22H22N6O2/c1-15-14-27(10-11-28(15)20-8-6-16(12-23)13-24-20)21(29)9-7-19-25-18-5-3-2-4-17(18)22(30)26-19/h2-6,8,13,15H,7,9-11,14H2,1H3,(H,25,26,30)/t15-/m0/s1. The number of hydrogen-bond acceptors (Lipinski definition) is 6. The number of fused-ring (bicyclic) bond motifs is 1. The Bertz CT molecular complexity index is 1160. The molecular formula is C22H22N6O2. The van der Waals surface area contributed by atoms with Gasteiger partial charge in [-0.1, -0.05) is 12.1 Å². The lowest BCUT2D eigenvalue weighted by Crippen LogP contribution is -2.54. The molecule has 4 rings (SSSR count). The van der Waals surface area contributed by atoms with Crippen LogP contribution in [0.1, 0.15) is 24.7 Å². The number of piperazine rings is 1. The minimum atomic E-state index is -0.180. The first kappa shape index (κ1) is 19.6. The van der Waals surface area contributed by atoms with Crippen LogP contribution in [0, 0.1) is 11.3 Å². The van der Waals surface area contributed by atoms with Gasteiger partial charge in [-0.15, -0.1) is 0 Å². The van der Waals surface area contributed by atoms with Gasteiger partial charge in [0.15, 0.2) is 0 Å². The number of H-pyrrole nitrogens is 1. The van der Waals surface area contributed by atoms with Crippen molar-refractivity contribution in [3.8, 4) is 6.07 Å². The number of aromatic amines is 1. The summed E-state index contributed by atoms with van der Waals surface area (Å²) in [7, 11) is 0. The highest BCUT2D eigenvalue weighted by molar-refractivity contribution is 5.78. The molecule has 8 nitrogen and oxygen atoms in total. The lowest BCUT2D eigenvalue weighted by atomic mass is 10.1. The maximum absolute atomic E-state index is 12.7. The molecule has 30 heavy (non-hydrogen) atoms. The van der Waals surface area contributed by atoms with Gasteiger partial charge in [-0.3, -0.25) is 9.59 Å². The Hall–Kier alpha value is -3.73. The number of para-hydroxylation sites is 1. The largest absolute Gasteiger partial charge is 0.350 e. The van der Waals surface area contributed by atoms with Gasteiger partial charge >= 0.3 is 0 Å². The van der Waals surface area contributed by atoms with Crippen molar-refractivity contribution in [2.45, 2.75) is 25.8 Å². The molecule has 2 aromatic heterocycles. The summed E-state index contributed by atoms with van der Waals surface area (Å²) in [6.45, 7) is 3.94. The van der Waals surface area contributed by atoms with Crippen molar-refractivity contribution in [1.82, 2.24) is 19.9 Å². The number of nitrogens with zero attached hydrogens (tertiary/aromatic N) is 5. The first-order valence-electron chi connectivity index (χ1n) is 9.93. The Kier molecular flexibility index (Phi) is 5.44. The fourth-order valence-electron chi connectivity index (χ4n) is 3.78. The van der Waals surface area contributed by atoms with Gasteiger partial charge < -0.3 is 14.8 Å². The Balaban J connectivity index is 1.37. The molecule has 0 radical (unpaired) electrons. The van der Waals surface area contributed by atoms with E-state index in [9.17, 15) is 9.59 Å². The summed E-state index contributed by atoms with van der Waals surface area (Å²) in [5, 5.41) is 9.46. The molecular weight excluding hydrogens is 380 g/mol. The third kappa shape index (κ3) is 4.01. The van der Waals surface area contributed by atoms with Crippen LogP contribution < -0.4 is 10.5 Å². The van der Waals surface area contributed by atoms with E-state index >= 15 is 0 Å². The van der Waals surface area contributed by atoms with E-state index < -0.39 is 0 Å². The van der Waals surface area contributed by atoms with E-state index in [0.717, 1.165) is 5.82 Å². The van der Waals surface area contributed by atoms with Crippen LogP contribution in [0.4, 0.5) is 5.82 Å². The van der Waals surface area contributed by atoms with Gasteiger partial charge in [0, 0.05) is 44.7 Å². The lowest BCUT2D eigenvalue weighted by molar-refractivity contribution is -0.131. The van der Waals surface area contributed by atoms with Crippen molar-refractivity contribution in [3.63, 3.8) is 0 Å². The van der Waals surface area contributed by atoms with E-state index in [0.29, 0.717) is 54.8 Å². The molecule has 0 saturated carbocycles. The van der Waals surface area contributed by atoms with Gasteiger partial charge in [0.25, 0.3) is 5.56 Å². The maximum Gasteiger partial charge on any atom is 0.258 e. The van der Waals surface area contributed by atoms with Gasteiger partial charge in [0.2, 0.25) is 5.91 Å². The second-order valence-corrected chi connectivity index (χ2v) is 7.43. The SMILES string of the molecule is C[C@H]1CN(C(=O)CCc2nc3ccccc3c(=O)[nH]2)CCN1c1ccc(C#N)cn1. The van der Waals surface area contributed by atoms with Gasteiger partial charge in [-0.2, -0.15) is 5.26 Å². The quantitative estimate of drug-likeness (QED) is 0.714. The summed E-state index contributed by atoms with van der Waals surface area (Å²) in [5.41, 5.74) is 0.988. The molecule has 1 aliphatic rings. The Labute approximate surface area is 173 Å². The number of amides is 1. The fourth-order valence-corrected chi connectivity index (χ4v) is 3.78. The van der Waals surface area contributed by atoms with Crippen LogP contribution in [0.5, 0.6) is 0 Å². The van der Waals surface area contributed by atoms with E-state index in [-0.39, 0.29) is 17.5 Å². The average Bonchev–Trinajstić information content (AvgIpc) is 2.77. The molecule has 0 spiro atoms. The van der Waals surface area contributed by atoms with Crippen molar-refractivity contribution in [1.29, 1.82) is 5.26 Å². The van der Waals surface area contributed by atoms with Crippen LogP contribution in [0.2, 0.25) is 0 Å². The predicted molar refractivity (Wildman–Crippen MR) is 113 cm³/mol. The second kappa shape index (κ2) is 8.33. The van der Waals surface area contributed by atoms with Crippen molar-refractivity contribution in [2.75, 3.05) is 24.5 Å². The molecule has 0 aliphatic carbocycles. The molecule has 3 aromatic rings. The predicted octanol–water partition coefficient (Wildman–Crippen LogP) is 1.86. The van der Waals surface area contributed by atoms with Crippen molar-refractivity contribution < 1.29 is 4.79 Å². The number of nitrogens with one attached hydrogen (secondary N) is 1. The number of hydrogen-bond donors (Lipinski definition) is 1. The summed E-state index contributed by atoms with van der Waals surface area (Å²) in [6.07, 6.45) is 2.25. The molecule has 1 fully saturated rings. The van der Waals surface area contributed by atoms with Gasteiger partial charge in [0.1, 0.15) is 17.7 Å². The monoisotopic (exact) mass is 402 g/mol. The van der Waals surface area contributed by atoms with E-state index in [4.69, 9.17) is 5.26 Å². The third-order valence-corrected chi connectivity index (χ3v) is 5.39. The highest BCUT2D eigenvalue weighted by Gasteiger charge is 2.27. The zero-order chi connectivity index (χ0) is 21.1. The van der Waals surface area contributed by atoms with E-state index in [1.807, 2.05) is 17.0 Å². The molecule has 1 aliphatic heterocycles. The van der Waals surface area contributed by atoms with Crippen LogP contribution in [-0.4, -0.2) is 51.4 Å². The zero-order valence-corrected chi connectivity index (χ0v) is 16.7. The number of carbonyl (C=O) groups excluding carboxylic acids is 1. The molecule has 152 valence electrons. The molecule has 0 bridgehead atoms. The molecule has 1 atom stereocenters. The lowest BCUT2D eigenvalue weighted by Gasteiger charge is -2.40. The summed E-state index contributed by atoms with van der Waals surface area (Å²) < 4.78 is 0. The fraction of sp³-hybridized carbons (Fsp3) is 0.318. The molecule has 1 amide bonds. The van der Waals surface area contributed by atoms with E-state index in [1.165, 1.54) is 0 Å². The molecule has 1 N–H and O–H groups in total. The number of aromatic nitrogens is 3. The zero-order valence-electron chi connectivity index (χ0n) is 16.7. The summed E-state index contributed by atoms with van der Waals surface area (Å²) in [4.78, 5) is 40.5. The minimum Gasteiger partial charge on any atom is -0.350 e. The first-order chi connectivity index (χ1) is 14.5. The van der Waals surface area contributed by atoms with Gasteiger partial charge in [-0.05, 0) is 31.2 Å². The Morgan fingerprint density at radius 3 is 2.83 bits per heavy atom. The third-order valence-electron chi connectivity index (χ3n) is 5.39. The number of carbonyl (C=O) groups is 1. The maximum atomic E-state index is 12.7. The molecule has 8 heteroatoms. The van der Waals surface area contributed by atoms with Crippen LogP contribution in [0.15, 0.2) is 47.4 Å². The van der Waals surface area contributed by atoms with Crippen LogP contribution in [0.25, 0.3) is 10.9 Å². The normalized spacial score (nSPS) is 16.5. The van der Waals surface area contributed by atoms with Crippen LogP contribution in [-0.2, 0) is 11.2 Å². The van der Waals surface area contributed by atoms with E-state index in [2.05, 4.69) is 32.8 Å². The van der Waals surface area contributed by atoms with Crippen LogP contribution in [0.3, 0.4) is 0 Å². The number of nitriles is 1. The molecule has 0 unspecified atom stereocenters. The van der Waals surface area contributed by atoms with Crippen molar-refractivity contribution >= 4 is 22.6 Å². The number of rotatable bonds is 4. The highest BCUT2D eigenvalue weighted by Crippen LogP contribution is 2.19. The average molecular weight is 402 g/mol. The van der Waals surface area contributed by atoms with Crippen molar-refractivity contribution in [2.24, 2.45) is 0 Å². The molecule has 1 saturated heterocycles. The summed E-state index contributed by atoms with van der Waals surface area (Å²) in [5.74, 6) is 1.39.